The van der Waals surface area contributed by atoms with Crippen molar-refractivity contribution in [2.45, 2.75) is 13.8 Å². The Morgan fingerprint density at radius 2 is 2.07 bits per heavy atom. The van der Waals surface area contributed by atoms with Crippen molar-refractivity contribution in [3.63, 3.8) is 0 Å². The monoisotopic (exact) mass is 187 g/mol. The minimum atomic E-state index is 0.241. The Labute approximate surface area is 84.5 Å². The quantitative estimate of drug-likeness (QED) is 0.543. The molecule has 3 nitrogen and oxygen atoms in total. The first kappa shape index (κ1) is 10.3. The van der Waals surface area contributed by atoms with Crippen LogP contribution in [0, 0.1) is 28.6 Å². The summed E-state index contributed by atoms with van der Waals surface area (Å²) < 4.78 is 0. The molecule has 1 atom stereocenters. The first-order chi connectivity index (χ1) is 6.60. The van der Waals surface area contributed by atoms with Gasteiger partial charge < -0.3 is 4.90 Å². The van der Waals surface area contributed by atoms with Crippen LogP contribution in [0.3, 0.4) is 0 Å². The summed E-state index contributed by atoms with van der Waals surface area (Å²) in [5, 5.41) is 17.5. The molecule has 0 N–H and O–H groups in total. The van der Waals surface area contributed by atoms with Crippen LogP contribution in [0.5, 0.6) is 0 Å². The Hall–Kier alpha value is -1.74. The smallest absolute Gasteiger partial charge is 0.133 e. The summed E-state index contributed by atoms with van der Waals surface area (Å²) in [5.74, 6) is 0.248. The average Bonchev–Trinajstić information content (AvgIpc) is 2.15. The van der Waals surface area contributed by atoms with E-state index < -0.39 is 0 Å². The fourth-order valence-electron chi connectivity index (χ4n) is 1.60. The van der Waals surface area contributed by atoms with Gasteiger partial charge in [-0.05, 0) is 18.6 Å². The number of hydrogen-bond donors (Lipinski definition) is 0. The molecule has 0 radical (unpaired) electrons. The van der Waals surface area contributed by atoms with Crippen LogP contribution in [0.25, 0.3) is 0 Å². The third kappa shape index (κ3) is 1.78. The standard InChI is InChI=1S/C11H13N3/c1-8-7-14(3)9(2)4-11(8)10(5-12)6-13/h4,8H,7H2,1-3H3/t8-/m0/s1. The maximum absolute atomic E-state index is 8.77. The van der Waals surface area contributed by atoms with Crippen LogP contribution in [0.4, 0.5) is 0 Å². The topological polar surface area (TPSA) is 50.8 Å². The maximum Gasteiger partial charge on any atom is 0.133 e. The molecular formula is C11H13N3. The van der Waals surface area contributed by atoms with E-state index in [0.717, 1.165) is 17.8 Å². The summed E-state index contributed by atoms with van der Waals surface area (Å²) >= 11 is 0. The van der Waals surface area contributed by atoms with Gasteiger partial charge in [0.25, 0.3) is 0 Å². The molecule has 14 heavy (non-hydrogen) atoms. The van der Waals surface area contributed by atoms with Gasteiger partial charge in [0.1, 0.15) is 17.7 Å². The van der Waals surface area contributed by atoms with Crippen LogP contribution >= 0.6 is 0 Å². The lowest BCUT2D eigenvalue weighted by molar-refractivity contribution is 0.357. The molecule has 0 amide bonds. The van der Waals surface area contributed by atoms with Gasteiger partial charge in [0, 0.05) is 25.2 Å². The SMILES string of the molecule is CC1=CC(=C(C#N)C#N)[C@@H](C)CN1C. The van der Waals surface area contributed by atoms with Gasteiger partial charge in [-0.25, -0.2) is 0 Å². The lowest BCUT2D eigenvalue weighted by atomic mass is 9.92. The number of nitrogens with zero attached hydrogens (tertiary/aromatic N) is 3. The molecule has 0 aromatic rings. The normalized spacial score (nSPS) is 20.9. The highest BCUT2D eigenvalue weighted by Gasteiger charge is 2.19. The zero-order valence-corrected chi connectivity index (χ0v) is 8.70. The molecule has 0 unspecified atom stereocenters. The second-order valence-corrected chi connectivity index (χ2v) is 3.62. The predicted octanol–water partition coefficient (Wildman–Crippen LogP) is 1.82. The summed E-state index contributed by atoms with van der Waals surface area (Å²) in [6.45, 7) is 4.88. The van der Waals surface area contributed by atoms with E-state index in [4.69, 9.17) is 10.5 Å². The number of allylic oxidation sites excluding steroid dienone is 3. The summed E-state index contributed by atoms with van der Waals surface area (Å²) in [7, 11) is 2.01. The molecule has 0 bridgehead atoms. The Kier molecular flexibility index (Phi) is 2.94. The van der Waals surface area contributed by atoms with Crippen molar-refractivity contribution in [2.75, 3.05) is 13.6 Å². The average molecular weight is 187 g/mol. The lowest BCUT2D eigenvalue weighted by Crippen LogP contribution is -2.28. The van der Waals surface area contributed by atoms with Gasteiger partial charge in [0.15, 0.2) is 0 Å². The first-order valence-electron chi connectivity index (χ1n) is 4.54. The fourth-order valence-corrected chi connectivity index (χ4v) is 1.60. The maximum atomic E-state index is 8.77. The molecule has 1 aliphatic rings. The zero-order chi connectivity index (χ0) is 10.7. The summed E-state index contributed by atoms with van der Waals surface area (Å²) in [4.78, 5) is 2.13. The highest BCUT2D eigenvalue weighted by atomic mass is 15.1. The van der Waals surface area contributed by atoms with Crippen molar-refractivity contribution in [2.24, 2.45) is 5.92 Å². The van der Waals surface area contributed by atoms with E-state index in [-0.39, 0.29) is 11.5 Å². The lowest BCUT2D eigenvalue weighted by Gasteiger charge is -2.30. The van der Waals surface area contributed by atoms with Crippen molar-refractivity contribution < 1.29 is 0 Å². The van der Waals surface area contributed by atoms with E-state index in [1.807, 2.05) is 39.1 Å². The second-order valence-electron chi connectivity index (χ2n) is 3.62. The van der Waals surface area contributed by atoms with E-state index in [1.54, 1.807) is 0 Å². The fraction of sp³-hybridized carbons (Fsp3) is 0.455. The summed E-state index contributed by atoms with van der Waals surface area (Å²) in [5.41, 5.74) is 2.21. The second kappa shape index (κ2) is 3.98. The molecule has 0 spiro atoms. The molecule has 0 saturated carbocycles. The summed E-state index contributed by atoms with van der Waals surface area (Å²) in [6.07, 6.45) is 1.93. The Balaban J connectivity index is 3.21. The van der Waals surface area contributed by atoms with Gasteiger partial charge in [-0.2, -0.15) is 10.5 Å². The largest absolute Gasteiger partial charge is 0.377 e. The molecule has 0 aromatic carbocycles. The van der Waals surface area contributed by atoms with E-state index in [1.165, 1.54) is 0 Å². The van der Waals surface area contributed by atoms with Crippen LogP contribution < -0.4 is 0 Å². The van der Waals surface area contributed by atoms with Crippen molar-refractivity contribution in [3.05, 3.63) is 22.9 Å². The molecule has 0 aromatic heterocycles. The zero-order valence-electron chi connectivity index (χ0n) is 8.70. The molecule has 0 aliphatic carbocycles. The molecule has 1 aliphatic heterocycles. The Morgan fingerprint density at radius 3 is 2.57 bits per heavy atom. The first-order valence-corrected chi connectivity index (χ1v) is 4.54. The van der Waals surface area contributed by atoms with Crippen LogP contribution in [0.1, 0.15) is 13.8 Å². The van der Waals surface area contributed by atoms with E-state index in [0.29, 0.717) is 0 Å². The molecule has 0 fully saturated rings. The Morgan fingerprint density at radius 1 is 1.50 bits per heavy atom. The molecule has 1 rings (SSSR count). The molecule has 1 heterocycles. The van der Waals surface area contributed by atoms with Crippen molar-refractivity contribution in [1.29, 1.82) is 10.5 Å². The van der Waals surface area contributed by atoms with E-state index in [2.05, 4.69) is 4.90 Å². The number of rotatable bonds is 0. The highest BCUT2D eigenvalue weighted by molar-refractivity contribution is 5.47. The molecular weight excluding hydrogens is 174 g/mol. The minimum Gasteiger partial charge on any atom is -0.377 e. The summed E-state index contributed by atoms with van der Waals surface area (Å²) in [6, 6.07) is 3.89. The third-order valence-corrected chi connectivity index (χ3v) is 2.56. The van der Waals surface area contributed by atoms with Gasteiger partial charge in [0.05, 0.1) is 0 Å². The third-order valence-electron chi connectivity index (χ3n) is 2.56. The van der Waals surface area contributed by atoms with Crippen LogP contribution in [0.15, 0.2) is 22.9 Å². The highest BCUT2D eigenvalue weighted by Crippen LogP contribution is 2.25. The molecule has 72 valence electrons. The van der Waals surface area contributed by atoms with Crippen LogP contribution in [-0.2, 0) is 0 Å². The molecule has 0 saturated heterocycles. The number of hydrogen-bond acceptors (Lipinski definition) is 3. The van der Waals surface area contributed by atoms with Crippen LogP contribution in [-0.4, -0.2) is 18.5 Å². The minimum absolute atomic E-state index is 0.241. The van der Waals surface area contributed by atoms with Gasteiger partial charge >= 0.3 is 0 Å². The van der Waals surface area contributed by atoms with Crippen molar-refractivity contribution in [1.82, 2.24) is 4.90 Å². The van der Waals surface area contributed by atoms with Crippen LogP contribution in [0.2, 0.25) is 0 Å². The predicted molar refractivity (Wildman–Crippen MR) is 53.8 cm³/mol. The molecule has 3 heteroatoms. The van der Waals surface area contributed by atoms with Gasteiger partial charge in [-0.15, -0.1) is 0 Å². The van der Waals surface area contributed by atoms with Crippen molar-refractivity contribution in [3.8, 4) is 12.1 Å². The van der Waals surface area contributed by atoms with Gasteiger partial charge in [0.2, 0.25) is 0 Å². The van der Waals surface area contributed by atoms with E-state index in [9.17, 15) is 0 Å². The van der Waals surface area contributed by atoms with Crippen molar-refractivity contribution >= 4 is 0 Å². The Bertz CT molecular complexity index is 360. The van der Waals surface area contributed by atoms with Gasteiger partial charge in [-0.3, -0.25) is 0 Å². The van der Waals surface area contributed by atoms with E-state index >= 15 is 0 Å². The van der Waals surface area contributed by atoms with Gasteiger partial charge in [-0.1, -0.05) is 6.92 Å². The number of nitriles is 2.